The molecule has 29 heavy (non-hydrogen) atoms. The van der Waals surface area contributed by atoms with E-state index in [9.17, 15) is 18.8 Å². The number of Topliss-reactive ketones (excluding diaryl/α,β-unsaturated/α-hetero) is 1. The molecule has 1 heterocycles. The standard InChI is InChI=1S/C22H18FNO5/c1-13(25)15-3-5-16(6-4-15)19-11-12-20(29-19)22(27)28-14(2)21(26)24-18-9-7-17(23)8-10-18/h3-12,14H,1-2H3,(H,24,26)/t14-/m0/s1. The van der Waals surface area contributed by atoms with Crippen LogP contribution in [0.2, 0.25) is 0 Å². The molecule has 1 amide bonds. The lowest BCUT2D eigenvalue weighted by molar-refractivity contribution is -0.123. The van der Waals surface area contributed by atoms with Gasteiger partial charge in [0.25, 0.3) is 5.91 Å². The number of anilines is 1. The molecule has 0 saturated heterocycles. The van der Waals surface area contributed by atoms with Crippen LogP contribution in [0.4, 0.5) is 10.1 Å². The van der Waals surface area contributed by atoms with Crippen molar-refractivity contribution in [3.8, 4) is 11.3 Å². The summed E-state index contributed by atoms with van der Waals surface area (Å²) in [5.74, 6) is -1.46. The summed E-state index contributed by atoms with van der Waals surface area (Å²) >= 11 is 0. The Morgan fingerprint density at radius 1 is 0.966 bits per heavy atom. The minimum atomic E-state index is -1.09. The number of halogens is 1. The van der Waals surface area contributed by atoms with E-state index in [1.54, 1.807) is 30.3 Å². The van der Waals surface area contributed by atoms with Crippen LogP contribution in [-0.2, 0) is 9.53 Å². The van der Waals surface area contributed by atoms with Crippen molar-refractivity contribution in [1.82, 2.24) is 0 Å². The van der Waals surface area contributed by atoms with Crippen LogP contribution in [0.1, 0.15) is 34.8 Å². The zero-order valence-electron chi connectivity index (χ0n) is 15.8. The zero-order valence-corrected chi connectivity index (χ0v) is 15.8. The van der Waals surface area contributed by atoms with Gasteiger partial charge in [0, 0.05) is 16.8 Å². The third kappa shape index (κ3) is 4.95. The largest absolute Gasteiger partial charge is 0.449 e. The van der Waals surface area contributed by atoms with E-state index in [2.05, 4.69) is 5.32 Å². The van der Waals surface area contributed by atoms with Gasteiger partial charge < -0.3 is 14.5 Å². The van der Waals surface area contributed by atoms with Crippen LogP contribution in [0, 0.1) is 5.82 Å². The highest BCUT2D eigenvalue weighted by Gasteiger charge is 2.21. The predicted molar refractivity (Wildman–Crippen MR) is 104 cm³/mol. The van der Waals surface area contributed by atoms with Crippen LogP contribution in [0.3, 0.4) is 0 Å². The molecule has 3 rings (SSSR count). The van der Waals surface area contributed by atoms with E-state index in [0.717, 1.165) is 0 Å². The Bertz CT molecular complexity index is 1040. The van der Waals surface area contributed by atoms with Crippen molar-refractivity contribution in [2.24, 2.45) is 0 Å². The SMILES string of the molecule is CC(=O)c1ccc(-c2ccc(C(=O)O[C@@H](C)C(=O)Nc3ccc(F)cc3)o2)cc1. The molecule has 1 atom stereocenters. The molecule has 0 saturated carbocycles. The second-order valence-electron chi connectivity index (χ2n) is 6.34. The summed E-state index contributed by atoms with van der Waals surface area (Å²) in [7, 11) is 0. The summed E-state index contributed by atoms with van der Waals surface area (Å²) in [6.45, 7) is 2.89. The second kappa shape index (κ2) is 8.52. The first-order chi connectivity index (χ1) is 13.8. The number of ether oxygens (including phenoxy) is 1. The van der Waals surface area contributed by atoms with Gasteiger partial charge in [-0.05, 0) is 50.2 Å². The highest BCUT2D eigenvalue weighted by atomic mass is 19.1. The van der Waals surface area contributed by atoms with Crippen LogP contribution < -0.4 is 5.32 Å². The second-order valence-corrected chi connectivity index (χ2v) is 6.34. The number of furan rings is 1. The van der Waals surface area contributed by atoms with Gasteiger partial charge in [0.2, 0.25) is 5.76 Å². The summed E-state index contributed by atoms with van der Waals surface area (Å²) in [6, 6.07) is 15.0. The smallest absolute Gasteiger partial charge is 0.375 e. The maximum atomic E-state index is 12.9. The molecule has 0 unspecified atom stereocenters. The monoisotopic (exact) mass is 395 g/mol. The molecule has 0 radical (unpaired) electrons. The molecule has 0 aliphatic rings. The van der Waals surface area contributed by atoms with E-state index in [-0.39, 0.29) is 11.5 Å². The molecule has 148 valence electrons. The molecule has 0 aliphatic heterocycles. The fourth-order valence-electron chi connectivity index (χ4n) is 2.52. The molecular weight excluding hydrogens is 377 g/mol. The quantitative estimate of drug-likeness (QED) is 0.492. The van der Waals surface area contributed by atoms with E-state index >= 15 is 0 Å². The lowest BCUT2D eigenvalue weighted by Crippen LogP contribution is -2.29. The Kier molecular flexibility index (Phi) is 5.87. The van der Waals surface area contributed by atoms with Gasteiger partial charge >= 0.3 is 5.97 Å². The molecule has 7 heteroatoms. The van der Waals surface area contributed by atoms with Gasteiger partial charge in [-0.2, -0.15) is 0 Å². The van der Waals surface area contributed by atoms with Crippen LogP contribution in [-0.4, -0.2) is 23.8 Å². The number of amides is 1. The van der Waals surface area contributed by atoms with Gasteiger partial charge in [-0.25, -0.2) is 9.18 Å². The first kappa shape index (κ1) is 20.0. The van der Waals surface area contributed by atoms with Crippen LogP contribution in [0.25, 0.3) is 11.3 Å². The Labute approximate surface area is 166 Å². The first-order valence-corrected chi connectivity index (χ1v) is 8.82. The van der Waals surface area contributed by atoms with Crippen LogP contribution in [0.15, 0.2) is 65.1 Å². The maximum Gasteiger partial charge on any atom is 0.375 e. The molecule has 2 aromatic carbocycles. The Morgan fingerprint density at radius 2 is 1.62 bits per heavy atom. The molecule has 0 fully saturated rings. The third-order valence-corrected chi connectivity index (χ3v) is 4.15. The molecule has 0 aliphatic carbocycles. The van der Waals surface area contributed by atoms with E-state index in [0.29, 0.717) is 22.6 Å². The van der Waals surface area contributed by atoms with Crippen molar-refractivity contribution in [2.45, 2.75) is 20.0 Å². The predicted octanol–water partition coefficient (Wildman–Crippen LogP) is 4.47. The fourth-order valence-corrected chi connectivity index (χ4v) is 2.52. The molecular formula is C22H18FNO5. The van der Waals surface area contributed by atoms with Crippen molar-refractivity contribution < 1.29 is 27.9 Å². The Hall–Kier alpha value is -3.74. The fraction of sp³-hybridized carbons (Fsp3) is 0.136. The molecule has 0 spiro atoms. The normalized spacial score (nSPS) is 11.6. The average Bonchev–Trinajstić information content (AvgIpc) is 3.20. The van der Waals surface area contributed by atoms with Crippen molar-refractivity contribution in [3.63, 3.8) is 0 Å². The van der Waals surface area contributed by atoms with E-state index < -0.39 is 23.8 Å². The van der Waals surface area contributed by atoms with Gasteiger partial charge in [0.15, 0.2) is 11.9 Å². The number of carbonyl (C=O) groups is 3. The molecule has 3 aromatic rings. The van der Waals surface area contributed by atoms with Gasteiger partial charge in [-0.15, -0.1) is 0 Å². The molecule has 1 aromatic heterocycles. The number of ketones is 1. The summed E-state index contributed by atoms with van der Waals surface area (Å²) in [5.41, 5.74) is 1.64. The van der Waals surface area contributed by atoms with Crippen LogP contribution in [0.5, 0.6) is 0 Å². The maximum absolute atomic E-state index is 12.9. The van der Waals surface area contributed by atoms with Crippen molar-refractivity contribution in [3.05, 3.63) is 77.8 Å². The topological polar surface area (TPSA) is 85.6 Å². The average molecular weight is 395 g/mol. The number of hydrogen-bond acceptors (Lipinski definition) is 5. The molecule has 0 bridgehead atoms. The van der Waals surface area contributed by atoms with E-state index in [1.807, 2.05) is 0 Å². The Balaban J connectivity index is 1.62. The van der Waals surface area contributed by atoms with Crippen molar-refractivity contribution in [2.75, 3.05) is 5.32 Å². The van der Waals surface area contributed by atoms with Gasteiger partial charge in [-0.3, -0.25) is 9.59 Å². The number of carbonyl (C=O) groups excluding carboxylic acids is 3. The lowest BCUT2D eigenvalue weighted by Gasteiger charge is -2.12. The summed E-state index contributed by atoms with van der Waals surface area (Å²) in [4.78, 5) is 35.7. The van der Waals surface area contributed by atoms with Gasteiger partial charge in [0.05, 0.1) is 0 Å². The number of nitrogens with one attached hydrogen (secondary N) is 1. The summed E-state index contributed by atoms with van der Waals surface area (Å²) in [6.07, 6.45) is -1.09. The van der Waals surface area contributed by atoms with Crippen molar-refractivity contribution in [1.29, 1.82) is 0 Å². The highest BCUT2D eigenvalue weighted by molar-refractivity contribution is 5.97. The number of benzene rings is 2. The van der Waals surface area contributed by atoms with Gasteiger partial charge in [0.1, 0.15) is 11.6 Å². The van der Waals surface area contributed by atoms with E-state index in [1.165, 1.54) is 44.2 Å². The van der Waals surface area contributed by atoms with Crippen molar-refractivity contribution >= 4 is 23.3 Å². The lowest BCUT2D eigenvalue weighted by atomic mass is 10.1. The molecule has 6 nitrogen and oxygen atoms in total. The minimum absolute atomic E-state index is 0.0480. The minimum Gasteiger partial charge on any atom is -0.449 e. The van der Waals surface area contributed by atoms with E-state index in [4.69, 9.17) is 9.15 Å². The zero-order chi connectivity index (χ0) is 21.0. The highest BCUT2D eigenvalue weighted by Crippen LogP contribution is 2.23. The Morgan fingerprint density at radius 3 is 2.24 bits per heavy atom. The number of esters is 1. The first-order valence-electron chi connectivity index (χ1n) is 8.82. The molecule has 1 N–H and O–H groups in total. The third-order valence-electron chi connectivity index (χ3n) is 4.15. The van der Waals surface area contributed by atoms with Crippen LogP contribution >= 0.6 is 0 Å². The summed E-state index contributed by atoms with van der Waals surface area (Å²) in [5, 5.41) is 2.53. The van der Waals surface area contributed by atoms with Gasteiger partial charge in [-0.1, -0.05) is 24.3 Å². The number of hydrogen-bond donors (Lipinski definition) is 1. The summed E-state index contributed by atoms with van der Waals surface area (Å²) < 4.78 is 23.6. The number of rotatable bonds is 6.